The summed E-state index contributed by atoms with van der Waals surface area (Å²) < 4.78 is 0. The first-order chi connectivity index (χ1) is 10.9. The number of halogens is 2. The number of aryl methyl sites for hydroxylation is 1. The molecule has 0 radical (unpaired) electrons. The molecule has 1 nitrogen and oxygen atoms in total. The van der Waals surface area contributed by atoms with Crippen molar-refractivity contribution in [1.82, 2.24) is 4.98 Å². The summed E-state index contributed by atoms with van der Waals surface area (Å²) in [6, 6.07) is 15.3. The SMILES string of the molecule is Cc1ccc(-c2ccccn2)c2cc([Si](C)(C)C)[cH-]c12.[Cl][Zr][Cl]. The molecule has 1 aromatic heterocycles. The molecular weight excluding hydrogens is 420 g/mol. The fourth-order valence-corrected chi connectivity index (χ4v) is 3.78. The Bertz CT molecular complexity index is 779. The van der Waals surface area contributed by atoms with Crippen molar-refractivity contribution < 1.29 is 20.8 Å². The molecule has 3 aromatic rings. The van der Waals surface area contributed by atoms with Gasteiger partial charge in [-0.15, -0.1) is 33.7 Å². The van der Waals surface area contributed by atoms with Crippen LogP contribution in [0.4, 0.5) is 0 Å². The molecule has 5 heteroatoms. The van der Waals surface area contributed by atoms with E-state index in [4.69, 9.17) is 17.0 Å². The predicted molar refractivity (Wildman–Crippen MR) is 102 cm³/mol. The van der Waals surface area contributed by atoms with Crippen molar-refractivity contribution in [2.24, 2.45) is 0 Å². The molecule has 0 unspecified atom stereocenters. The van der Waals surface area contributed by atoms with Gasteiger partial charge in [0.05, 0.1) is 13.8 Å². The zero-order chi connectivity index (χ0) is 17.0. The Balaban J connectivity index is 0.000000595. The van der Waals surface area contributed by atoms with Crippen molar-refractivity contribution in [2.45, 2.75) is 26.6 Å². The first kappa shape index (κ1) is 19.0. The number of hydrogen-bond donors (Lipinski definition) is 0. The molecule has 0 aliphatic heterocycles. The normalized spacial score (nSPS) is 11.0. The maximum atomic E-state index is 4.93. The minimum atomic E-state index is -1.28. The number of hydrogen-bond acceptors (Lipinski definition) is 1. The first-order valence-corrected chi connectivity index (χ1v) is 17.3. The second kappa shape index (κ2) is 8.16. The summed E-state index contributed by atoms with van der Waals surface area (Å²) in [5.41, 5.74) is 3.66. The van der Waals surface area contributed by atoms with E-state index in [2.05, 4.69) is 67.9 Å². The van der Waals surface area contributed by atoms with Gasteiger partial charge in [0.15, 0.2) is 0 Å². The average molecular weight is 441 g/mol. The number of pyridine rings is 1. The summed E-state index contributed by atoms with van der Waals surface area (Å²) in [6.07, 6.45) is 1.86. The fraction of sp³-hybridized carbons (Fsp3) is 0.222. The van der Waals surface area contributed by atoms with Crippen molar-refractivity contribution in [2.75, 3.05) is 0 Å². The van der Waals surface area contributed by atoms with Crippen LogP contribution in [0.5, 0.6) is 0 Å². The number of aromatic nitrogens is 1. The van der Waals surface area contributed by atoms with Crippen LogP contribution in [0.3, 0.4) is 0 Å². The summed E-state index contributed by atoms with van der Waals surface area (Å²) in [7, 11) is 8.58. The summed E-state index contributed by atoms with van der Waals surface area (Å²) in [6.45, 7) is 9.39. The van der Waals surface area contributed by atoms with Gasteiger partial charge in [-0.2, -0.15) is 6.07 Å². The van der Waals surface area contributed by atoms with E-state index in [1.807, 2.05) is 12.3 Å². The number of nitrogens with zero attached hydrogens (tertiary/aromatic N) is 1. The van der Waals surface area contributed by atoms with E-state index >= 15 is 0 Å². The Hall–Kier alpha value is -0.340. The summed E-state index contributed by atoms with van der Waals surface area (Å²) >= 11 is -0.826. The second-order valence-corrected chi connectivity index (χ2v) is 15.3. The van der Waals surface area contributed by atoms with Crippen LogP contribution >= 0.6 is 17.0 Å². The summed E-state index contributed by atoms with van der Waals surface area (Å²) in [4.78, 5) is 4.51. The van der Waals surface area contributed by atoms with E-state index in [0.29, 0.717) is 0 Å². The Morgan fingerprint density at radius 1 is 1.09 bits per heavy atom. The van der Waals surface area contributed by atoms with Crippen LogP contribution in [-0.2, 0) is 20.8 Å². The molecule has 0 aliphatic carbocycles. The molecule has 0 spiro atoms. The molecule has 0 aliphatic rings. The maximum absolute atomic E-state index is 4.93. The Morgan fingerprint density at radius 3 is 2.35 bits per heavy atom. The van der Waals surface area contributed by atoms with Crippen LogP contribution in [0.1, 0.15) is 5.56 Å². The Labute approximate surface area is 158 Å². The molecule has 1 heterocycles. The van der Waals surface area contributed by atoms with Gasteiger partial charge >= 0.3 is 37.9 Å². The third-order valence-electron chi connectivity index (χ3n) is 3.91. The molecule has 120 valence electrons. The molecule has 0 N–H and O–H groups in total. The van der Waals surface area contributed by atoms with Crippen LogP contribution in [0.25, 0.3) is 22.0 Å². The second-order valence-electron chi connectivity index (χ2n) is 6.54. The first-order valence-electron chi connectivity index (χ1n) is 7.46. The monoisotopic (exact) mass is 438 g/mol. The molecule has 2 aromatic carbocycles. The van der Waals surface area contributed by atoms with Crippen LogP contribution < -0.4 is 5.19 Å². The predicted octanol–water partition coefficient (Wildman–Crippen LogP) is 5.85. The zero-order valence-corrected chi connectivity index (χ0v) is 18.8. The van der Waals surface area contributed by atoms with Crippen LogP contribution in [-0.4, -0.2) is 13.1 Å². The molecule has 0 bridgehead atoms. The van der Waals surface area contributed by atoms with Gasteiger partial charge in [-0.1, -0.05) is 38.7 Å². The van der Waals surface area contributed by atoms with Crippen LogP contribution in [0, 0.1) is 6.92 Å². The van der Waals surface area contributed by atoms with E-state index < -0.39 is 28.9 Å². The van der Waals surface area contributed by atoms with Crippen molar-refractivity contribution in [1.29, 1.82) is 0 Å². The molecule has 0 fully saturated rings. The van der Waals surface area contributed by atoms with Gasteiger partial charge in [-0.05, 0) is 17.7 Å². The van der Waals surface area contributed by atoms with Crippen LogP contribution in [0.15, 0.2) is 48.7 Å². The third kappa shape index (κ3) is 4.60. The fourth-order valence-electron chi connectivity index (χ4n) is 2.62. The van der Waals surface area contributed by atoms with Gasteiger partial charge in [0.2, 0.25) is 0 Å². The van der Waals surface area contributed by atoms with Gasteiger partial charge in [-0.25, -0.2) is 0 Å². The van der Waals surface area contributed by atoms with E-state index in [9.17, 15) is 0 Å². The molecule has 0 atom stereocenters. The molecule has 0 saturated heterocycles. The third-order valence-corrected chi connectivity index (χ3v) is 5.93. The number of rotatable bonds is 2. The van der Waals surface area contributed by atoms with Gasteiger partial charge in [0, 0.05) is 6.20 Å². The number of fused-ring (bicyclic) bond motifs is 1. The minimum absolute atomic E-state index is 0.826. The van der Waals surface area contributed by atoms with Gasteiger partial charge in [0.1, 0.15) is 0 Å². The molecule has 0 amide bonds. The topological polar surface area (TPSA) is 12.9 Å². The van der Waals surface area contributed by atoms with Crippen LogP contribution in [0.2, 0.25) is 19.6 Å². The molecular formula is C18H20Cl2NSiZr-. The standard InChI is InChI=1S/C18H20NSi.2ClH.Zr/c1-13-8-9-15(18-7-5-6-10-19-18)17-12-14(11-16(13)17)20(2,3)4;;;/h5-12H,1-4H3;2*1H;/q-1;;;+2/p-2. The van der Waals surface area contributed by atoms with E-state index in [-0.39, 0.29) is 0 Å². The van der Waals surface area contributed by atoms with Gasteiger partial charge in [0.25, 0.3) is 0 Å². The molecule has 0 saturated carbocycles. The van der Waals surface area contributed by atoms with Crippen molar-refractivity contribution in [3.63, 3.8) is 0 Å². The Morgan fingerprint density at radius 2 is 1.78 bits per heavy atom. The van der Waals surface area contributed by atoms with Crippen molar-refractivity contribution in [3.05, 3.63) is 54.2 Å². The quantitative estimate of drug-likeness (QED) is 0.360. The van der Waals surface area contributed by atoms with Gasteiger partial charge < -0.3 is 0 Å². The molecule has 23 heavy (non-hydrogen) atoms. The van der Waals surface area contributed by atoms with Crippen molar-refractivity contribution >= 4 is 41.1 Å². The molecule has 3 rings (SSSR count). The Kier molecular flexibility index (Phi) is 6.74. The average Bonchev–Trinajstić information content (AvgIpc) is 2.96. The van der Waals surface area contributed by atoms with E-state index in [1.165, 1.54) is 27.1 Å². The van der Waals surface area contributed by atoms with E-state index in [0.717, 1.165) is 5.69 Å². The summed E-state index contributed by atoms with van der Waals surface area (Å²) in [5.74, 6) is 0. The van der Waals surface area contributed by atoms with E-state index in [1.54, 1.807) is 0 Å². The van der Waals surface area contributed by atoms with Gasteiger partial charge in [-0.3, -0.25) is 4.98 Å². The zero-order valence-electron chi connectivity index (χ0n) is 13.8. The number of benzene rings is 1. The van der Waals surface area contributed by atoms with Crippen molar-refractivity contribution in [3.8, 4) is 11.3 Å². The summed E-state index contributed by atoms with van der Waals surface area (Å²) in [5, 5.41) is 4.26.